The van der Waals surface area contributed by atoms with E-state index >= 15 is 0 Å². The molecule has 26 heavy (non-hydrogen) atoms. The fourth-order valence-electron chi connectivity index (χ4n) is 3.31. The molecule has 1 atom stereocenters. The second-order valence-electron chi connectivity index (χ2n) is 6.51. The molecule has 1 unspecified atom stereocenters. The van der Waals surface area contributed by atoms with Gasteiger partial charge in [0.2, 0.25) is 0 Å². The summed E-state index contributed by atoms with van der Waals surface area (Å²) in [7, 11) is 0. The zero-order valence-electron chi connectivity index (χ0n) is 14.5. The first-order valence-corrected chi connectivity index (χ1v) is 8.84. The number of amides is 3. The van der Waals surface area contributed by atoms with Crippen LogP contribution in [-0.4, -0.2) is 60.7 Å². The molecule has 3 rings (SSSR count). The molecule has 0 bridgehead atoms. The first kappa shape index (κ1) is 18.0. The first-order chi connectivity index (χ1) is 12.6. The summed E-state index contributed by atoms with van der Waals surface area (Å²) >= 11 is 0. The molecular formula is C18H23N3O5. The average molecular weight is 361 g/mol. The summed E-state index contributed by atoms with van der Waals surface area (Å²) in [4.78, 5) is 38.6. The molecule has 0 spiro atoms. The lowest BCUT2D eigenvalue weighted by Gasteiger charge is -2.31. The van der Waals surface area contributed by atoms with Crippen molar-refractivity contribution in [2.24, 2.45) is 5.92 Å². The Hall–Kier alpha value is -2.77. The van der Waals surface area contributed by atoms with Crippen molar-refractivity contribution in [2.75, 3.05) is 37.7 Å². The van der Waals surface area contributed by atoms with Gasteiger partial charge in [-0.1, -0.05) is 12.1 Å². The Labute approximate surface area is 151 Å². The standard InChI is InChI=1S/C18H23N3O5/c22-16-12-26-15-7-2-1-6-14(15)21(16)10-4-8-19-18(25)20-9-3-5-13(11-20)17(23)24/h1-2,6-7,13H,3-5,8-12H2,(H,19,25)(H,23,24). The van der Waals surface area contributed by atoms with Gasteiger partial charge in [-0.15, -0.1) is 0 Å². The van der Waals surface area contributed by atoms with E-state index in [-0.39, 0.29) is 25.1 Å². The summed E-state index contributed by atoms with van der Waals surface area (Å²) in [5.74, 6) is -0.761. The fourth-order valence-corrected chi connectivity index (χ4v) is 3.31. The molecule has 0 aromatic heterocycles. The number of carbonyl (C=O) groups excluding carboxylic acids is 2. The van der Waals surface area contributed by atoms with Gasteiger partial charge in [-0.05, 0) is 31.4 Å². The number of rotatable bonds is 5. The van der Waals surface area contributed by atoms with E-state index < -0.39 is 11.9 Å². The molecular weight excluding hydrogens is 338 g/mol. The Balaban J connectivity index is 1.46. The summed E-state index contributed by atoms with van der Waals surface area (Å²) in [6.45, 7) is 1.74. The van der Waals surface area contributed by atoms with E-state index in [1.165, 1.54) is 0 Å². The molecule has 2 N–H and O–H groups in total. The number of benzene rings is 1. The molecule has 8 heteroatoms. The lowest BCUT2D eigenvalue weighted by molar-refractivity contribution is -0.143. The van der Waals surface area contributed by atoms with Crippen LogP contribution in [-0.2, 0) is 9.59 Å². The van der Waals surface area contributed by atoms with Crippen LogP contribution in [0.3, 0.4) is 0 Å². The molecule has 0 aliphatic carbocycles. The van der Waals surface area contributed by atoms with Gasteiger partial charge in [0.05, 0.1) is 11.6 Å². The van der Waals surface area contributed by atoms with E-state index in [0.717, 1.165) is 5.69 Å². The smallest absolute Gasteiger partial charge is 0.317 e. The van der Waals surface area contributed by atoms with Crippen molar-refractivity contribution in [3.05, 3.63) is 24.3 Å². The highest BCUT2D eigenvalue weighted by Gasteiger charge is 2.28. The zero-order chi connectivity index (χ0) is 18.5. The normalized spacial score (nSPS) is 19.5. The van der Waals surface area contributed by atoms with Crippen LogP contribution in [0.2, 0.25) is 0 Å². The molecule has 0 saturated carbocycles. The number of ether oxygens (including phenoxy) is 1. The van der Waals surface area contributed by atoms with Crippen LogP contribution in [0, 0.1) is 5.92 Å². The van der Waals surface area contributed by atoms with Crippen LogP contribution in [0.1, 0.15) is 19.3 Å². The zero-order valence-corrected chi connectivity index (χ0v) is 14.5. The van der Waals surface area contributed by atoms with E-state index in [4.69, 9.17) is 9.84 Å². The molecule has 1 fully saturated rings. The van der Waals surface area contributed by atoms with Crippen molar-refractivity contribution in [2.45, 2.75) is 19.3 Å². The molecule has 8 nitrogen and oxygen atoms in total. The van der Waals surface area contributed by atoms with Crippen LogP contribution in [0.15, 0.2) is 24.3 Å². The summed E-state index contributed by atoms with van der Waals surface area (Å²) in [6.07, 6.45) is 1.91. The fraction of sp³-hybridized carbons (Fsp3) is 0.500. The second kappa shape index (κ2) is 8.07. The third-order valence-electron chi connectivity index (χ3n) is 4.70. The number of fused-ring (bicyclic) bond motifs is 1. The predicted molar refractivity (Wildman–Crippen MR) is 94.2 cm³/mol. The highest BCUT2D eigenvalue weighted by atomic mass is 16.5. The molecule has 3 amide bonds. The minimum absolute atomic E-state index is 0.0216. The number of piperidine rings is 1. The minimum Gasteiger partial charge on any atom is -0.482 e. The number of hydrogen-bond acceptors (Lipinski definition) is 4. The van der Waals surface area contributed by atoms with Crippen LogP contribution in [0.25, 0.3) is 0 Å². The molecule has 1 aromatic rings. The van der Waals surface area contributed by atoms with Crippen LogP contribution in [0.4, 0.5) is 10.5 Å². The Morgan fingerprint density at radius 2 is 2.12 bits per heavy atom. The lowest BCUT2D eigenvalue weighted by atomic mass is 9.99. The van der Waals surface area contributed by atoms with Gasteiger partial charge < -0.3 is 25.0 Å². The minimum atomic E-state index is -0.855. The highest BCUT2D eigenvalue weighted by molar-refractivity contribution is 5.97. The van der Waals surface area contributed by atoms with Crippen molar-refractivity contribution >= 4 is 23.6 Å². The van der Waals surface area contributed by atoms with Crippen molar-refractivity contribution in [3.63, 3.8) is 0 Å². The first-order valence-electron chi connectivity index (χ1n) is 8.84. The molecule has 2 aliphatic heterocycles. The number of likely N-dealkylation sites (tertiary alicyclic amines) is 1. The molecule has 1 saturated heterocycles. The monoisotopic (exact) mass is 361 g/mol. The SMILES string of the molecule is O=C(O)C1CCCN(C(=O)NCCCN2C(=O)COc3ccccc32)C1. The Kier molecular flexibility index (Phi) is 5.60. The van der Waals surface area contributed by atoms with E-state index in [2.05, 4.69) is 5.32 Å². The van der Waals surface area contributed by atoms with Crippen LogP contribution >= 0.6 is 0 Å². The highest BCUT2D eigenvalue weighted by Crippen LogP contribution is 2.31. The number of aliphatic carboxylic acids is 1. The number of nitrogens with zero attached hydrogens (tertiary/aromatic N) is 2. The quantitative estimate of drug-likeness (QED) is 0.771. The maximum atomic E-state index is 12.2. The van der Waals surface area contributed by atoms with Gasteiger partial charge in [-0.2, -0.15) is 0 Å². The van der Waals surface area contributed by atoms with Gasteiger partial charge in [0.25, 0.3) is 5.91 Å². The van der Waals surface area contributed by atoms with E-state index in [0.29, 0.717) is 44.6 Å². The van der Waals surface area contributed by atoms with Gasteiger partial charge >= 0.3 is 12.0 Å². The van der Waals surface area contributed by atoms with Crippen LogP contribution < -0.4 is 15.0 Å². The Morgan fingerprint density at radius 1 is 1.31 bits per heavy atom. The number of carboxylic acids is 1. The molecule has 140 valence electrons. The number of hydrogen-bond donors (Lipinski definition) is 2. The van der Waals surface area contributed by atoms with Gasteiger partial charge in [-0.3, -0.25) is 9.59 Å². The van der Waals surface area contributed by atoms with E-state index in [1.54, 1.807) is 9.80 Å². The van der Waals surface area contributed by atoms with Crippen molar-refractivity contribution < 1.29 is 24.2 Å². The Bertz CT molecular complexity index is 693. The third kappa shape index (κ3) is 4.07. The molecule has 1 aromatic carbocycles. The number of para-hydroxylation sites is 2. The molecule has 2 aliphatic rings. The number of carbonyl (C=O) groups is 3. The predicted octanol–water partition coefficient (Wildman–Crippen LogP) is 1.31. The third-order valence-corrected chi connectivity index (χ3v) is 4.70. The van der Waals surface area contributed by atoms with E-state index in [1.807, 2.05) is 24.3 Å². The molecule has 0 radical (unpaired) electrons. The number of urea groups is 1. The lowest BCUT2D eigenvalue weighted by Crippen LogP contribution is -2.47. The average Bonchev–Trinajstić information content (AvgIpc) is 2.66. The maximum Gasteiger partial charge on any atom is 0.317 e. The summed E-state index contributed by atoms with van der Waals surface area (Å²) in [5.41, 5.74) is 0.746. The topological polar surface area (TPSA) is 99.2 Å². The maximum absolute atomic E-state index is 12.2. The van der Waals surface area contributed by atoms with Gasteiger partial charge in [0.15, 0.2) is 6.61 Å². The van der Waals surface area contributed by atoms with E-state index in [9.17, 15) is 14.4 Å². The van der Waals surface area contributed by atoms with Gasteiger partial charge in [-0.25, -0.2) is 4.79 Å². The van der Waals surface area contributed by atoms with Crippen molar-refractivity contribution in [3.8, 4) is 5.75 Å². The van der Waals surface area contributed by atoms with Crippen molar-refractivity contribution in [1.82, 2.24) is 10.2 Å². The number of nitrogens with one attached hydrogen (secondary N) is 1. The largest absolute Gasteiger partial charge is 0.482 e. The summed E-state index contributed by atoms with van der Waals surface area (Å²) < 4.78 is 5.40. The second-order valence-corrected chi connectivity index (χ2v) is 6.51. The number of carboxylic acid groups (broad SMARTS) is 1. The van der Waals surface area contributed by atoms with Gasteiger partial charge in [0.1, 0.15) is 5.75 Å². The summed E-state index contributed by atoms with van der Waals surface area (Å²) in [5, 5.41) is 11.9. The van der Waals surface area contributed by atoms with Crippen LogP contribution in [0.5, 0.6) is 5.75 Å². The number of anilines is 1. The van der Waals surface area contributed by atoms with Gasteiger partial charge in [0, 0.05) is 26.2 Å². The molecule has 2 heterocycles. The Morgan fingerprint density at radius 3 is 2.92 bits per heavy atom. The summed E-state index contributed by atoms with van der Waals surface area (Å²) in [6, 6.07) is 7.13. The van der Waals surface area contributed by atoms with Crippen molar-refractivity contribution in [1.29, 1.82) is 0 Å².